The molecule has 2 rings (SSSR count). The molecular weight excluding hydrogens is 380 g/mol. The van der Waals surface area contributed by atoms with Crippen LogP contribution in [0.25, 0.3) is 0 Å². The second-order valence-electron chi connectivity index (χ2n) is 4.44. The van der Waals surface area contributed by atoms with E-state index in [4.69, 9.17) is 0 Å². The fourth-order valence-corrected chi connectivity index (χ4v) is 3.06. The molecule has 2 aromatic carbocycles. The average Bonchev–Trinajstić information content (AvgIpc) is 2.41. The number of benzene rings is 2. The lowest BCUT2D eigenvalue weighted by atomic mass is 10.2. The van der Waals surface area contributed by atoms with E-state index in [0.29, 0.717) is 5.56 Å². The van der Waals surface area contributed by atoms with Crippen molar-refractivity contribution < 1.29 is 21.9 Å². The Morgan fingerprint density at radius 3 is 2.36 bits per heavy atom. The summed E-state index contributed by atoms with van der Waals surface area (Å²) in [6.45, 7) is -1.36. The second-order valence-corrected chi connectivity index (χ2v) is 7.04. The van der Waals surface area contributed by atoms with Crippen molar-refractivity contribution in [2.75, 3.05) is 4.72 Å². The number of aryl methyl sites for hydroxylation is 1. The van der Waals surface area contributed by atoms with Crippen molar-refractivity contribution in [3.05, 3.63) is 52.5 Å². The van der Waals surface area contributed by atoms with Gasteiger partial charge in [-0.1, -0.05) is 22.0 Å². The summed E-state index contributed by atoms with van der Waals surface area (Å²) in [5, 5.41) is 0. The van der Waals surface area contributed by atoms with Crippen molar-refractivity contribution in [3.63, 3.8) is 0 Å². The molecule has 0 bridgehead atoms. The number of alkyl halides is 2. The summed E-state index contributed by atoms with van der Waals surface area (Å²) in [4.78, 5) is 0.0132. The largest absolute Gasteiger partial charge is 0.433 e. The third-order valence-electron chi connectivity index (χ3n) is 2.72. The SMILES string of the molecule is Cc1ccc(NS(=O)(=O)c2ccc(Br)cc2)c(OC(F)F)c1. The highest BCUT2D eigenvalue weighted by Gasteiger charge is 2.18. The first kappa shape index (κ1) is 16.7. The van der Waals surface area contributed by atoms with Gasteiger partial charge in [-0.05, 0) is 48.9 Å². The van der Waals surface area contributed by atoms with E-state index >= 15 is 0 Å². The van der Waals surface area contributed by atoms with Crippen LogP contribution in [0.3, 0.4) is 0 Å². The van der Waals surface area contributed by atoms with E-state index in [1.165, 1.54) is 24.3 Å². The molecule has 0 aromatic heterocycles. The van der Waals surface area contributed by atoms with Gasteiger partial charge < -0.3 is 4.74 Å². The van der Waals surface area contributed by atoms with E-state index in [0.717, 1.165) is 4.47 Å². The smallest absolute Gasteiger partial charge is 0.387 e. The molecule has 0 fully saturated rings. The minimum Gasteiger partial charge on any atom is -0.433 e. The quantitative estimate of drug-likeness (QED) is 0.832. The molecule has 0 atom stereocenters. The molecule has 0 amide bonds. The van der Waals surface area contributed by atoms with Gasteiger partial charge in [0.05, 0.1) is 10.6 Å². The van der Waals surface area contributed by atoms with Gasteiger partial charge in [0.2, 0.25) is 0 Å². The average molecular weight is 392 g/mol. The number of nitrogens with one attached hydrogen (secondary N) is 1. The maximum absolute atomic E-state index is 12.4. The second kappa shape index (κ2) is 6.62. The summed E-state index contributed by atoms with van der Waals surface area (Å²) in [5.74, 6) is -0.226. The fourth-order valence-electron chi connectivity index (χ4n) is 1.72. The van der Waals surface area contributed by atoms with Crippen LogP contribution in [0.15, 0.2) is 51.8 Å². The summed E-state index contributed by atoms with van der Waals surface area (Å²) < 4.78 is 56.7. The number of sulfonamides is 1. The molecule has 22 heavy (non-hydrogen) atoms. The van der Waals surface area contributed by atoms with Gasteiger partial charge in [0.15, 0.2) is 0 Å². The lowest BCUT2D eigenvalue weighted by molar-refractivity contribution is -0.0493. The van der Waals surface area contributed by atoms with Gasteiger partial charge in [0.25, 0.3) is 10.0 Å². The Hall–Kier alpha value is -1.67. The van der Waals surface area contributed by atoms with Crippen molar-refractivity contribution in [2.24, 2.45) is 0 Å². The highest BCUT2D eigenvalue weighted by Crippen LogP contribution is 2.29. The van der Waals surface area contributed by atoms with Gasteiger partial charge in [-0.2, -0.15) is 8.78 Å². The van der Waals surface area contributed by atoms with Crippen LogP contribution in [0.2, 0.25) is 0 Å². The van der Waals surface area contributed by atoms with Crippen molar-refractivity contribution in [1.29, 1.82) is 0 Å². The van der Waals surface area contributed by atoms with E-state index in [1.54, 1.807) is 25.1 Å². The van der Waals surface area contributed by atoms with E-state index in [-0.39, 0.29) is 16.3 Å². The Morgan fingerprint density at radius 1 is 1.14 bits per heavy atom. The molecule has 4 nitrogen and oxygen atoms in total. The van der Waals surface area contributed by atoms with Gasteiger partial charge in [0, 0.05) is 4.47 Å². The van der Waals surface area contributed by atoms with Crippen LogP contribution in [-0.2, 0) is 10.0 Å². The Kier molecular flexibility index (Phi) is 5.02. The number of hydrogen-bond donors (Lipinski definition) is 1. The fraction of sp³-hybridized carbons (Fsp3) is 0.143. The van der Waals surface area contributed by atoms with Crippen LogP contribution in [-0.4, -0.2) is 15.0 Å². The van der Waals surface area contributed by atoms with Crippen LogP contribution in [0.1, 0.15) is 5.56 Å². The Balaban J connectivity index is 2.35. The first-order valence-electron chi connectivity index (χ1n) is 6.12. The number of anilines is 1. The van der Waals surface area contributed by atoms with E-state index in [2.05, 4.69) is 25.4 Å². The van der Waals surface area contributed by atoms with Crippen LogP contribution < -0.4 is 9.46 Å². The molecule has 0 unspecified atom stereocenters. The summed E-state index contributed by atoms with van der Waals surface area (Å²) in [5.41, 5.74) is 0.621. The van der Waals surface area contributed by atoms with E-state index in [1.807, 2.05) is 0 Å². The van der Waals surface area contributed by atoms with Crippen LogP contribution >= 0.6 is 15.9 Å². The molecule has 0 heterocycles. The Bertz CT molecular complexity index is 764. The summed E-state index contributed by atoms with van der Waals surface area (Å²) >= 11 is 3.21. The maximum Gasteiger partial charge on any atom is 0.387 e. The zero-order valence-electron chi connectivity index (χ0n) is 11.4. The monoisotopic (exact) mass is 391 g/mol. The minimum absolute atomic E-state index is 0.0132. The highest BCUT2D eigenvalue weighted by atomic mass is 79.9. The third-order valence-corrected chi connectivity index (χ3v) is 4.63. The van der Waals surface area contributed by atoms with Gasteiger partial charge >= 0.3 is 6.61 Å². The van der Waals surface area contributed by atoms with Crippen molar-refractivity contribution in [1.82, 2.24) is 0 Å². The zero-order chi connectivity index (χ0) is 16.3. The highest BCUT2D eigenvalue weighted by molar-refractivity contribution is 9.10. The standard InChI is InChI=1S/C14H12BrF2NO3S/c1-9-2-7-12(13(8-9)21-14(16)17)18-22(19,20)11-5-3-10(15)4-6-11/h2-8,14,18H,1H3. The summed E-state index contributed by atoms with van der Waals surface area (Å²) in [7, 11) is -3.90. The molecule has 0 spiro atoms. The summed E-state index contributed by atoms with van der Waals surface area (Å²) in [6, 6.07) is 10.2. The van der Waals surface area contributed by atoms with Crippen molar-refractivity contribution in [3.8, 4) is 5.75 Å². The molecule has 0 saturated carbocycles. The minimum atomic E-state index is -3.90. The van der Waals surface area contributed by atoms with Gasteiger partial charge in [0.1, 0.15) is 5.75 Å². The Labute approximate surface area is 135 Å². The van der Waals surface area contributed by atoms with Crippen LogP contribution in [0, 0.1) is 6.92 Å². The van der Waals surface area contributed by atoms with E-state index in [9.17, 15) is 17.2 Å². The zero-order valence-corrected chi connectivity index (χ0v) is 13.8. The third kappa shape index (κ3) is 4.17. The van der Waals surface area contributed by atoms with Gasteiger partial charge in [-0.25, -0.2) is 8.42 Å². The number of halogens is 3. The maximum atomic E-state index is 12.4. The number of ether oxygens (including phenoxy) is 1. The topological polar surface area (TPSA) is 55.4 Å². The first-order valence-corrected chi connectivity index (χ1v) is 8.39. The number of hydrogen-bond acceptors (Lipinski definition) is 3. The first-order chi connectivity index (χ1) is 10.3. The molecule has 0 aliphatic rings. The molecule has 2 aromatic rings. The molecule has 0 radical (unpaired) electrons. The van der Waals surface area contributed by atoms with Gasteiger partial charge in [-0.15, -0.1) is 0 Å². The molecule has 1 N–H and O–H groups in total. The van der Waals surface area contributed by atoms with Crippen LogP contribution in [0.5, 0.6) is 5.75 Å². The van der Waals surface area contributed by atoms with Gasteiger partial charge in [-0.3, -0.25) is 4.72 Å². The van der Waals surface area contributed by atoms with Crippen LogP contribution in [0.4, 0.5) is 14.5 Å². The van der Waals surface area contributed by atoms with Crippen molar-refractivity contribution in [2.45, 2.75) is 18.4 Å². The Morgan fingerprint density at radius 2 is 1.77 bits per heavy atom. The van der Waals surface area contributed by atoms with E-state index < -0.39 is 16.6 Å². The normalized spacial score (nSPS) is 11.5. The predicted octanol–water partition coefficient (Wildman–Crippen LogP) is 4.16. The lowest BCUT2D eigenvalue weighted by Gasteiger charge is -2.14. The molecule has 0 saturated heterocycles. The molecule has 118 valence electrons. The molecule has 8 heteroatoms. The number of rotatable bonds is 5. The molecular formula is C14H12BrF2NO3S. The lowest BCUT2D eigenvalue weighted by Crippen LogP contribution is -2.14. The van der Waals surface area contributed by atoms with Crippen molar-refractivity contribution >= 4 is 31.6 Å². The molecule has 0 aliphatic heterocycles. The predicted molar refractivity (Wildman–Crippen MR) is 82.8 cm³/mol. The molecule has 0 aliphatic carbocycles. The summed E-state index contributed by atoms with van der Waals surface area (Å²) in [6.07, 6.45) is 0.